The minimum Gasteiger partial charge on any atom is -0.466 e. The number of benzene rings is 1. The molecule has 3 rings (SSSR count). The first-order chi connectivity index (χ1) is 15.6. The maximum absolute atomic E-state index is 13.3. The maximum atomic E-state index is 13.3. The molecule has 33 heavy (non-hydrogen) atoms. The van der Waals surface area contributed by atoms with Crippen molar-refractivity contribution in [2.75, 3.05) is 51.5 Å². The van der Waals surface area contributed by atoms with Gasteiger partial charge in [0, 0.05) is 31.5 Å². The molecule has 2 heterocycles. The van der Waals surface area contributed by atoms with E-state index in [1.54, 1.807) is 43.3 Å². The number of nitrogens with zero attached hydrogens (tertiary/aromatic N) is 3. The van der Waals surface area contributed by atoms with Gasteiger partial charge in [-0.2, -0.15) is 13.2 Å². The first-order valence-corrected chi connectivity index (χ1v) is 9.68. The van der Waals surface area contributed by atoms with Crippen LogP contribution >= 0.6 is 0 Å². The fourth-order valence-corrected chi connectivity index (χ4v) is 3.37. The lowest BCUT2D eigenvalue weighted by molar-refractivity contribution is -0.140. The van der Waals surface area contributed by atoms with E-state index in [1.807, 2.05) is 0 Å². The molecular formula is C22H22F3N3O5. The zero-order chi connectivity index (χ0) is 24.3. The summed E-state index contributed by atoms with van der Waals surface area (Å²) >= 11 is 0. The van der Waals surface area contributed by atoms with Crippen LogP contribution in [0.5, 0.6) is 0 Å². The highest BCUT2D eigenvalue weighted by atomic mass is 19.4. The lowest BCUT2D eigenvalue weighted by Gasteiger charge is -2.31. The number of carbonyl (C=O) groups excluding carboxylic acids is 2. The molecule has 0 radical (unpaired) electrons. The van der Waals surface area contributed by atoms with Crippen molar-refractivity contribution in [3.05, 3.63) is 53.4 Å². The standard InChI is InChI=1S/C22H22F3N3O5/c1-27(2)19-16(9-14(10-26-19)22(23,24)25)13-6-5-7-15(8-13)28-12-33-11-17(20(29)31-3)18(28)21(30)32-4/h5-10H,11-12H2,1-4H3. The molecule has 0 amide bonds. The van der Waals surface area contributed by atoms with E-state index in [0.717, 1.165) is 12.3 Å². The van der Waals surface area contributed by atoms with E-state index < -0.39 is 23.7 Å². The van der Waals surface area contributed by atoms with Crippen LogP contribution in [-0.4, -0.2) is 58.6 Å². The van der Waals surface area contributed by atoms with Crippen LogP contribution in [0.1, 0.15) is 5.56 Å². The van der Waals surface area contributed by atoms with Crippen LogP contribution in [0.2, 0.25) is 0 Å². The van der Waals surface area contributed by atoms with E-state index >= 15 is 0 Å². The van der Waals surface area contributed by atoms with Crippen LogP contribution in [0, 0.1) is 0 Å². The summed E-state index contributed by atoms with van der Waals surface area (Å²) < 4.78 is 55.1. The number of halogens is 3. The smallest absolute Gasteiger partial charge is 0.417 e. The largest absolute Gasteiger partial charge is 0.466 e. The van der Waals surface area contributed by atoms with Gasteiger partial charge in [-0.15, -0.1) is 0 Å². The summed E-state index contributed by atoms with van der Waals surface area (Å²) in [5.41, 5.74) is 0.0723. The van der Waals surface area contributed by atoms with E-state index in [-0.39, 0.29) is 30.2 Å². The highest BCUT2D eigenvalue weighted by Gasteiger charge is 2.34. The topological polar surface area (TPSA) is 81.2 Å². The van der Waals surface area contributed by atoms with Crippen LogP contribution in [0.25, 0.3) is 11.1 Å². The molecule has 1 aliphatic heterocycles. The third-order valence-corrected chi connectivity index (χ3v) is 4.92. The van der Waals surface area contributed by atoms with Gasteiger partial charge >= 0.3 is 18.1 Å². The molecule has 0 fully saturated rings. The van der Waals surface area contributed by atoms with Crippen molar-refractivity contribution in [2.24, 2.45) is 0 Å². The predicted molar refractivity (Wildman–Crippen MR) is 113 cm³/mol. The third kappa shape index (κ3) is 4.92. The van der Waals surface area contributed by atoms with Crippen molar-refractivity contribution in [3.63, 3.8) is 0 Å². The second-order valence-corrected chi connectivity index (χ2v) is 7.25. The van der Waals surface area contributed by atoms with E-state index in [4.69, 9.17) is 14.2 Å². The summed E-state index contributed by atoms with van der Waals surface area (Å²) in [5, 5.41) is 0. The molecule has 0 aliphatic carbocycles. The van der Waals surface area contributed by atoms with Gasteiger partial charge in [-0.1, -0.05) is 12.1 Å². The van der Waals surface area contributed by atoms with Gasteiger partial charge in [-0.25, -0.2) is 14.6 Å². The van der Waals surface area contributed by atoms with Crippen LogP contribution in [0.15, 0.2) is 47.8 Å². The molecule has 0 N–H and O–H groups in total. The highest BCUT2D eigenvalue weighted by molar-refractivity contribution is 6.03. The van der Waals surface area contributed by atoms with Crippen LogP contribution in [0.3, 0.4) is 0 Å². The Morgan fingerprint density at radius 1 is 1.12 bits per heavy atom. The third-order valence-electron chi connectivity index (χ3n) is 4.92. The molecule has 0 unspecified atom stereocenters. The Morgan fingerprint density at radius 3 is 2.42 bits per heavy atom. The van der Waals surface area contributed by atoms with E-state index in [0.29, 0.717) is 17.1 Å². The van der Waals surface area contributed by atoms with Crippen molar-refractivity contribution in [1.82, 2.24) is 4.98 Å². The normalized spacial score (nSPS) is 14.2. The Hall–Kier alpha value is -3.60. The van der Waals surface area contributed by atoms with Crippen molar-refractivity contribution in [3.8, 4) is 11.1 Å². The first kappa shape index (κ1) is 24.1. The molecule has 2 aromatic rings. The fourth-order valence-electron chi connectivity index (χ4n) is 3.37. The Balaban J connectivity index is 2.16. The molecule has 0 atom stereocenters. The molecule has 1 aromatic carbocycles. The number of carbonyl (C=O) groups is 2. The molecule has 176 valence electrons. The van der Waals surface area contributed by atoms with Gasteiger partial charge < -0.3 is 24.0 Å². The zero-order valence-electron chi connectivity index (χ0n) is 18.4. The quantitative estimate of drug-likeness (QED) is 0.623. The van der Waals surface area contributed by atoms with Gasteiger partial charge in [0.1, 0.15) is 18.2 Å². The number of hydrogen-bond donors (Lipinski definition) is 0. The number of ether oxygens (including phenoxy) is 3. The lowest BCUT2D eigenvalue weighted by Crippen LogP contribution is -2.38. The summed E-state index contributed by atoms with van der Waals surface area (Å²) in [4.78, 5) is 31.7. The van der Waals surface area contributed by atoms with Crippen molar-refractivity contribution in [2.45, 2.75) is 6.18 Å². The fraction of sp³-hybridized carbons (Fsp3) is 0.318. The minimum atomic E-state index is -4.57. The molecule has 11 heteroatoms. The van der Waals surface area contributed by atoms with Crippen molar-refractivity contribution >= 4 is 23.4 Å². The van der Waals surface area contributed by atoms with Gasteiger partial charge in [0.2, 0.25) is 0 Å². The average Bonchev–Trinajstić information content (AvgIpc) is 2.81. The molecule has 1 aromatic heterocycles. The van der Waals surface area contributed by atoms with Crippen LogP contribution in [0.4, 0.5) is 24.7 Å². The van der Waals surface area contributed by atoms with Gasteiger partial charge in [0.15, 0.2) is 0 Å². The van der Waals surface area contributed by atoms with E-state index in [9.17, 15) is 22.8 Å². The summed E-state index contributed by atoms with van der Waals surface area (Å²) in [5.74, 6) is -1.21. The number of hydrogen-bond acceptors (Lipinski definition) is 8. The average molecular weight is 465 g/mol. The second-order valence-electron chi connectivity index (χ2n) is 7.25. The number of alkyl halides is 3. The molecule has 0 saturated carbocycles. The number of anilines is 2. The molecular weight excluding hydrogens is 443 g/mol. The maximum Gasteiger partial charge on any atom is 0.417 e. The van der Waals surface area contributed by atoms with Crippen LogP contribution < -0.4 is 9.80 Å². The summed E-state index contributed by atoms with van der Waals surface area (Å²) in [7, 11) is 5.68. The number of methoxy groups -OCH3 is 2. The van der Waals surface area contributed by atoms with Gasteiger partial charge in [0.25, 0.3) is 0 Å². The molecule has 0 spiro atoms. The minimum absolute atomic E-state index is 0.0317. The Labute approximate surface area is 188 Å². The van der Waals surface area contributed by atoms with Crippen molar-refractivity contribution < 1.29 is 37.0 Å². The summed E-state index contributed by atoms with van der Waals surface area (Å²) in [6.45, 7) is -0.245. The molecule has 8 nitrogen and oxygen atoms in total. The number of pyridine rings is 1. The van der Waals surface area contributed by atoms with Crippen LogP contribution in [-0.2, 0) is 30.0 Å². The van der Waals surface area contributed by atoms with Gasteiger partial charge in [0.05, 0.1) is 32.0 Å². The number of rotatable bonds is 5. The number of aromatic nitrogens is 1. The zero-order valence-corrected chi connectivity index (χ0v) is 18.4. The van der Waals surface area contributed by atoms with Gasteiger partial charge in [-0.3, -0.25) is 0 Å². The summed E-state index contributed by atoms with van der Waals surface area (Å²) in [6.07, 6.45) is -3.79. The molecule has 0 bridgehead atoms. The Kier molecular flexibility index (Phi) is 6.92. The van der Waals surface area contributed by atoms with Gasteiger partial charge in [-0.05, 0) is 23.8 Å². The Morgan fingerprint density at radius 2 is 1.82 bits per heavy atom. The highest BCUT2D eigenvalue weighted by Crippen LogP contribution is 2.37. The van der Waals surface area contributed by atoms with E-state index in [2.05, 4.69) is 4.98 Å². The Bertz CT molecular complexity index is 1100. The lowest BCUT2D eigenvalue weighted by atomic mass is 10.0. The van der Waals surface area contributed by atoms with Crippen molar-refractivity contribution in [1.29, 1.82) is 0 Å². The molecule has 1 aliphatic rings. The monoisotopic (exact) mass is 465 g/mol. The SMILES string of the molecule is COC(=O)C1=C(C(=O)OC)N(c2cccc(-c3cc(C(F)(F)F)cnc3N(C)C)c2)COC1. The second kappa shape index (κ2) is 9.49. The summed E-state index contributed by atoms with van der Waals surface area (Å²) in [6, 6.07) is 7.47. The first-order valence-electron chi connectivity index (χ1n) is 9.68. The number of esters is 2. The predicted octanol–water partition coefficient (Wildman–Crippen LogP) is 3.23. The van der Waals surface area contributed by atoms with E-state index in [1.165, 1.54) is 19.1 Å². The molecule has 0 saturated heterocycles.